The summed E-state index contributed by atoms with van der Waals surface area (Å²) in [4.78, 5) is 14.2. The zero-order valence-electron chi connectivity index (χ0n) is 11.2. The van der Waals surface area contributed by atoms with Gasteiger partial charge >= 0.3 is 0 Å². The van der Waals surface area contributed by atoms with Crippen molar-refractivity contribution in [2.45, 2.75) is 0 Å². The van der Waals surface area contributed by atoms with Gasteiger partial charge < -0.3 is 10.2 Å². The molecule has 0 saturated heterocycles. The van der Waals surface area contributed by atoms with Gasteiger partial charge in [0.05, 0.1) is 15.6 Å². The van der Waals surface area contributed by atoms with Gasteiger partial charge in [-0.05, 0) is 36.4 Å². The Kier molecular flexibility index (Phi) is 4.53. The van der Waals surface area contributed by atoms with Crippen LogP contribution in [0.5, 0.6) is 0 Å². The molecule has 0 fully saturated rings. The van der Waals surface area contributed by atoms with Crippen molar-refractivity contribution in [3.8, 4) is 0 Å². The molecule has 0 unspecified atom stereocenters. The fourth-order valence-corrected chi connectivity index (χ4v) is 2.32. The fourth-order valence-electron chi connectivity index (χ4n) is 1.75. The zero-order chi connectivity index (χ0) is 14.7. The van der Waals surface area contributed by atoms with Gasteiger partial charge in [-0.1, -0.05) is 29.3 Å². The molecule has 20 heavy (non-hydrogen) atoms. The maximum atomic E-state index is 12.2. The van der Waals surface area contributed by atoms with Gasteiger partial charge in [-0.3, -0.25) is 4.79 Å². The van der Waals surface area contributed by atoms with Crippen LogP contribution >= 0.6 is 23.2 Å². The summed E-state index contributed by atoms with van der Waals surface area (Å²) in [6.07, 6.45) is 0. The van der Waals surface area contributed by atoms with Crippen molar-refractivity contribution >= 4 is 40.5 Å². The predicted octanol–water partition coefficient (Wildman–Crippen LogP) is 4.31. The molecule has 0 bridgehead atoms. The van der Waals surface area contributed by atoms with E-state index in [1.807, 2.05) is 43.3 Å². The number of rotatable bonds is 3. The molecule has 0 radical (unpaired) electrons. The first-order chi connectivity index (χ1) is 9.49. The topological polar surface area (TPSA) is 32.3 Å². The van der Waals surface area contributed by atoms with Crippen molar-refractivity contribution in [3.63, 3.8) is 0 Å². The number of hydrogen-bond acceptors (Lipinski definition) is 2. The summed E-state index contributed by atoms with van der Waals surface area (Å²) in [5, 5.41) is 3.45. The first-order valence-electron chi connectivity index (χ1n) is 6.02. The minimum Gasteiger partial charge on any atom is -0.378 e. The number of nitrogens with zero attached hydrogens (tertiary/aromatic N) is 1. The number of carbonyl (C=O) groups is 1. The molecule has 0 atom stereocenters. The Hall–Kier alpha value is -1.71. The summed E-state index contributed by atoms with van der Waals surface area (Å²) in [6.45, 7) is 0. The third-order valence-corrected chi connectivity index (χ3v) is 3.46. The van der Waals surface area contributed by atoms with E-state index in [2.05, 4.69) is 5.32 Å². The number of nitrogens with one attached hydrogen (secondary N) is 1. The zero-order valence-corrected chi connectivity index (χ0v) is 12.7. The van der Waals surface area contributed by atoms with Gasteiger partial charge in [0.15, 0.2) is 0 Å². The lowest BCUT2D eigenvalue weighted by atomic mass is 10.2. The molecule has 0 aliphatic carbocycles. The molecule has 3 nitrogen and oxygen atoms in total. The van der Waals surface area contributed by atoms with Gasteiger partial charge in [-0.15, -0.1) is 0 Å². The summed E-state index contributed by atoms with van der Waals surface area (Å²) in [5.74, 6) is -0.321. The molecule has 0 aromatic heterocycles. The standard InChI is InChI=1S/C15H14Cl2N2O/c1-19(2)11-8-6-10(7-9-11)18-15(20)14-12(16)4-3-5-13(14)17/h3-9H,1-2H3,(H,18,20). The molecule has 2 aromatic carbocycles. The van der Waals surface area contributed by atoms with Crippen molar-refractivity contribution in [1.29, 1.82) is 0 Å². The molecule has 1 N–H and O–H groups in total. The number of hydrogen-bond donors (Lipinski definition) is 1. The predicted molar refractivity (Wildman–Crippen MR) is 85.2 cm³/mol. The summed E-state index contributed by atoms with van der Waals surface area (Å²) in [5.41, 5.74) is 2.03. The highest BCUT2D eigenvalue weighted by Gasteiger charge is 2.14. The van der Waals surface area contributed by atoms with E-state index in [4.69, 9.17) is 23.2 Å². The SMILES string of the molecule is CN(C)c1ccc(NC(=O)c2c(Cl)cccc2Cl)cc1. The maximum Gasteiger partial charge on any atom is 0.258 e. The molecule has 104 valence electrons. The summed E-state index contributed by atoms with van der Waals surface area (Å²) in [7, 11) is 3.91. The average Bonchev–Trinajstić information content (AvgIpc) is 2.39. The highest BCUT2D eigenvalue weighted by atomic mass is 35.5. The molecule has 5 heteroatoms. The first-order valence-corrected chi connectivity index (χ1v) is 6.77. The smallest absolute Gasteiger partial charge is 0.258 e. The third-order valence-electron chi connectivity index (χ3n) is 2.83. The molecule has 0 spiro atoms. The molecule has 2 rings (SSSR count). The van der Waals surface area contributed by atoms with Crippen LogP contribution in [0, 0.1) is 0 Å². The first kappa shape index (κ1) is 14.7. The number of halogens is 2. The normalized spacial score (nSPS) is 10.2. The van der Waals surface area contributed by atoms with E-state index in [1.165, 1.54) is 0 Å². The number of benzene rings is 2. The Bertz CT molecular complexity index is 604. The second-order valence-electron chi connectivity index (χ2n) is 4.49. The van der Waals surface area contributed by atoms with Crippen LogP contribution in [0.15, 0.2) is 42.5 Å². The average molecular weight is 309 g/mol. The maximum absolute atomic E-state index is 12.2. The Morgan fingerprint density at radius 1 is 1.00 bits per heavy atom. The molecule has 2 aromatic rings. The Morgan fingerprint density at radius 2 is 1.55 bits per heavy atom. The molecule has 0 saturated carbocycles. The largest absolute Gasteiger partial charge is 0.378 e. The molecular weight excluding hydrogens is 295 g/mol. The lowest BCUT2D eigenvalue weighted by Crippen LogP contribution is -2.13. The number of amides is 1. The van der Waals surface area contributed by atoms with Crippen LogP contribution in [0.3, 0.4) is 0 Å². The van der Waals surface area contributed by atoms with Gasteiger partial charge in [-0.2, -0.15) is 0 Å². The Balaban J connectivity index is 2.19. The minimum atomic E-state index is -0.321. The van der Waals surface area contributed by atoms with Gasteiger partial charge in [0, 0.05) is 25.5 Å². The second-order valence-corrected chi connectivity index (χ2v) is 5.31. The van der Waals surface area contributed by atoms with Crippen LogP contribution in [0.25, 0.3) is 0 Å². The van der Waals surface area contributed by atoms with E-state index in [1.54, 1.807) is 18.2 Å². The lowest BCUT2D eigenvalue weighted by molar-refractivity contribution is 0.102. The summed E-state index contributed by atoms with van der Waals surface area (Å²) < 4.78 is 0. The van der Waals surface area contributed by atoms with Crippen LogP contribution in [-0.4, -0.2) is 20.0 Å². The van der Waals surface area contributed by atoms with Crippen molar-refractivity contribution in [1.82, 2.24) is 0 Å². The van der Waals surface area contributed by atoms with Crippen molar-refractivity contribution < 1.29 is 4.79 Å². The van der Waals surface area contributed by atoms with Crippen LogP contribution in [0.2, 0.25) is 10.0 Å². The fraction of sp³-hybridized carbons (Fsp3) is 0.133. The van der Waals surface area contributed by atoms with Crippen LogP contribution in [0.4, 0.5) is 11.4 Å². The molecule has 0 aliphatic heterocycles. The van der Waals surface area contributed by atoms with Crippen LogP contribution in [-0.2, 0) is 0 Å². The van der Waals surface area contributed by atoms with Crippen molar-refractivity contribution in [2.75, 3.05) is 24.3 Å². The van der Waals surface area contributed by atoms with Crippen molar-refractivity contribution in [3.05, 3.63) is 58.1 Å². The molecule has 1 amide bonds. The molecule has 0 aliphatic rings. The number of carbonyl (C=O) groups excluding carboxylic acids is 1. The van der Waals surface area contributed by atoms with E-state index in [-0.39, 0.29) is 11.5 Å². The van der Waals surface area contributed by atoms with Gasteiger partial charge in [0.25, 0.3) is 5.91 Å². The van der Waals surface area contributed by atoms with E-state index in [9.17, 15) is 4.79 Å². The molecular formula is C15H14Cl2N2O. The quantitative estimate of drug-likeness (QED) is 0.916. The van der Waals surface area contributed by atoms with Crippen LogP contribution in [0.1, 0.15) is 10.4 Å². The van der Waals surface area contributed by atoms with Gasteiger partial charge in [-0.25, -0.2) is 0 Å². The van der Waals surface area contributed by atoms with E-state index in [0.717, 1.165) is 5.69 Å². The monoisotopic (exact) mass is 308 g/mol. The number of anilines is 2. The Morgan fingerprint density at radius 3 is 2.05 bits per heavy atom. The van der Waals surface area contributed by atoms with E-state index < -0.39 is 0 Å². The highest BCUT2D eigenvalue weighted by molar-refractivity contribution is 6.40. The van der Waals surface area contributed by atoms with Gasteiger partial charge in [0.1, 0.15) is 0 Å². The lowest BCUT2D eigenvalue weighted by Gasteiger charge is -2.13. The third kappa shape index (κ3) is 3.24. The van der Waals surface area contributed by atoms with E-state index in [0.29, 0.717) is 15.7 Å². The molecule has 0 heterocycles. The van der Waals surface area contributed by atoms with E-state index >= 15 is 0 Å². The minimum absolute atomic E-state index is 0.285. The summed E-state index contributed by atoms with van der Waals surface area (Å²) in [6, 6.07) is 12.5. The van der Waals surface area contributed by atoms with Gasteiger partial charge in [0.2, 0.25) is 0 Å². The second kappa shape index (κ2) is 6.16. The Labute approximate surface area is 128 Å². The summed E-state index contributed by atoms with van der Waals surface area (Å²) >= 11 is 12.0. The highest BCUT2D eigenvalue weighted by Crippen LogP contribution is 2.25. The van der Waals surface area contributed by atoms with Crippen LogP contribution < -0.4 is 10.2 Å². The van der Waals surface area contributed by atoms with Crippen molar-refractivity contribution in [2.24, 2.45) is 0 Å².